The summed E-state index contributed by atoms with van der Waals surface area (Å²) in [5, 5.41) is 36.3. The molecule has 11 heteroatoms. The highest BCUT2D eigenvalue weighted by molar-refractivity contribution is 5.94. The van der Waals surface area contributed by atoms with Crippen molar-refractivity contribution in [2.75, 3.05) is 0 Å². The molecule has 1 rings (SSSR count). The Kier molecular flexibility index (Phi) is 10.9. The van der Waals surface area contributed by atoms with Gasteiger partial charge in [0.25, 0.3) is 0 Å². The van der Waals surface area contributed by atoms with Crippen molar-refractivity contribution < 1.29 is 34.5 Å². The summed E-state index contributed by atoms with van der Waals surface area (Å²) >= 11 is 0. The molecule has 0 radical (unpaired) electrons. The zero-order valence-electron chi connectivity index (χ0n) is 20.1. The van der Waals surface area contributed by atoms with Gasteiger partial charge >= 0.3 is 5.97 Å². The first kappa shape index (κ1) is 28.9. The average molecular weight is 481 g/mol. The summed E-state index contributed by atoms with van der Waals surface area (Å²) < 4.78 is 0. The van der Waals surface area contributed by atoms with Crippen molar-refractivity contribution >= 4 is 23.7 Å². The quantitative estimate of drug-likeness (QED) is 0.208. The molecule has 0 aromatic heterocycles. The zero-order valence-corrected chi connectivity index (χ0v) is 20.1. The summed E-state index contributed by atoms with van der Waals surface area (Å²) in [6.45, 7) is 8.02. The van der Waals surface area contributed by atoms with E-state index in [4.69, 9.17) is 5.73 Å². The molecule has 11 nitrogen and oxygen atoms in total. The smallest absolute Gasteiger partial charge is 0.326 e. The number of hydrogen-bond donors (Lipinski definition) is 7. The van der Waals surface area contributed by atoms with Crippen LogP contribution in [0, 0.1) is 11.8 Å². The molecular formula is C23H36N4O7. The Morgan fingerprint density at radius 3 is 1.79 bits per heavy atom. The van der Waals surface area contributed by atoms with Crippen molar-refractivity contribution in [3.05, 3.63) is 29.8 Å². The van der Waals surface area contributed by atoms with Crippen molar-refractivity contribution in [2.45, 2.75) is 71.3 Å². The normalized spacial score (nSPS) is 15.7. The van der Waals surface area contributed by atoms with Gasteiger partial charge in [0.1, 0.15) is 23.9 Å². The topological polar surface area (TPSA) is 191 Å². The molecule has 1 aromatic rings. The van der Waals surface area contributed by atoms with Crippen molar-refractivity contribution in [1.29, 1.82) is 0 Å². The molecule has 190 valence electrons. The third-order valence-electron chi connectivity index (χ3n) is 5.32. The van der Waals surface area contributed by atoms with Gasteiger partial charge in [0.05, 0.1) is 12.1 Å². The van der Waals surface area contributed by atoms with E-state index in [1.165, 1.54) is 19.1 Å². The first-order valence-electron chi connectivity index (χ1n) is 11.1. The number of aromatic hydroxyl groups is 1. The van der Waals surface area contributed by atoms with E-state index < -0.39 is 59.9 Å². The first-order valence-corrected chi connectivity index (χ1v) is 11.1. The van der Waals surface area contributed by atoms with Gasteiger partial charge < -0.3 is 37.0 Å². The lowest BCUT2D eigenvalue weighted by molar-refractivity contribution is -0.143. The van der Waals surface area contributed by atoms with E-state index in [9.17, 15) is 34.5 Å². The number of carboxylic acid groups (broad SMARTS) is 1. The molecule has 0 spiro atoms. The highest BCUT2D eigenvalue weighted by Gasteiger charge is 2.33. The molecular weight excluding hydrogens is 444 g/mol. The largest absolute Gasteiger partial charge is 0.508 e. The molecule has 0 saturated carbocycles. The summed E-state index contributed by atoms with van der Waals surface area (Å²) in [6, 6.07) is 1.19. The standard InChI is InChI=1S/C23H36N4O7/c1-11(2)17(24)21(31)27-19(13(5)28)22(32)25-16(10-14-6-8-15(29)9-7-14)20(30)26-18(12(3)4)23(33)34/h6-9,11-13,16-19,28-29H,10,24H2,1-5H3,(H,25,32)(H,26,30)(H,27,31)(H,33,34). The highest BCUT2D eigenvalue weighted by Crippen LogP contribution is 2.12. The van der Waals surface area contributed by atoms with Crippen molar-refractivity contribution in [2.24, 2.45) is 17.6 Å². The molecule has 0 fully saturated rings. The predicted molar refractivity (Wildman–Crippen MR) is 125 cm³/mol. The second-order valence-electron chi connectivity index (χ2n) is 9.00. The van der Waals surface area contributed by atoms with Crippen LogP contribution in [0.4, 0.5) is 0 Å². The van der Waals surface area contributed by atoms with Crippen LogP contribution in [0.1, 0.15) is 40.2 Å². The number of benzene rings is 1. The fourth-order valence-electron chi connectivity index (χ4n) is 3.06. The van der Waals surface area contributed by atoms with Gasteiger partial charge in [0.2, 0.25) is 17.7 Å². The van der Waals surface area contributed by atoms with Crippen LogP contribution in [0.5, 0.6) is 5.75 Å². The van der Waals surface area contributed by atoms with E-state index in [2.05, 4.69) is 16.0 Å². The highest BCUT2D eigenvalue weighted by atomic mass is 16.4. The summed E-state index contributed by atoms with van der Waals surface area (Å²) in [5.41, 5.74) is 6.40. The Morgan fingerprint density at radius 2 is 1.35 bits per heavy atom. The summed E-state index contributed by atoms with van der Waals surface area (Å²) in [5.74, 6) is -4.08. The average Bonchev–Trinajstić information content (AvgIpc) is 2.74. The summed E-state index contributed by atoms with van der Waals surface area (Å²) in [4.78, 5) is 49.8. The third kappa shape index (κ3) is 8.64. The molecule has 0 bridgehead atoms. The van der Waals surface area contributed by atoms with Gasteiger partial charge in [0.15, 0.2) is 0 Å². The Balaban J connectivity index is 3.14. The Bertz CT molecular complexity index is 855. The van der Waals surface area contributed by atoms with Gasteiger partial charge in [-0.25, -0.2) is 4.79 Å². The van der Waals surface area contributed by atoms with Gasteiger partial charge in [0, 0.05) is 6.42 Å². The van der Waals surface area contributed by atoms with Gasteiger partial charge in [-0.15, -0.1) is 0 Å². The Labute approximate surface area is 199 Å². The van der Waals surface area contributed by atoms with Gasteiger partial charge in [-0.1, -0.05) is 39.8 Å². The molecule has 8 N–H and O–H groups in total. The summed E-state index contributed by atoms with van der Waals surface area (Å²) in [7, 11) is 0. The van der Waals surface area contributed by atoms with Crippen LogP contribution in [-0.4, -0.2) is 69.3 Å². The summed E-state index contributed by atoms with van der Waals surface area (Å²) in [6.07, 6.45) is -1.34. The molecule has 0 aliphatic carbocycles. The SMILES string of the molecule is CC(C)C(N)C(=O)NC(C(=O)NC(Cc1ccc(O)cc1)C(=O)NC(C(=O)O)C(C)C)C(C)O. The molecule has 34 heavy (non-hydrogen) atoms. The molecule has 0 aliphatic rings. The van der Waals surface area contributed by atoms with E-state index in [1.807, 2.05) is 0 Å². The fraction of sp³-hybridized carbons (Fsp3) is 0.565. The van der Waals surface area contributed by atoms with Gasteiger partial charge in [-0.2, -0.15) is 0 Å². The first-order chi connectivity index (χ1) is 15.7. The van der Waals surface area contributed by atoms with E-state index in [-0.39, 0.29) is 18.1 Å². The Morgan fingerprint density at radius 1 is 0.824 bits per heavy atom. The second-order valence-corrected chi connectivity index (χ2v) is 9.00. The molecule has 3 amide bonds. The third-order valence-corrected chi connectivity index (χ3v) is 5.32. The number of amides is 3. The number of carboxylic acids is 1. The second kappa shape index (κ2) is 12.9. The minimum absolute atomic E-state index is 0.0120. The maximum atomic E-state index is 13.0. The number of phenols is 1. The van der Waals surface area contributed by atoms with E-state index in [0.29, 0.717) is 5.56 Å². The maximum Gasteiger partial charge on any atom is 0.326 e. The molecule has 5 unspecified atom stereocenters. The van der Waals surface area contributed by atoms with Crippen LogP contribution in [0.2, 0.25) is 0 Å². The fourth-order valence-corrected chi connectivity index (χ4v) is 3.06. The number of nitrogens with one attached hydrogen (secondary N) is 3. The number of aliphatic hydroxyl groups is 1. The lowest BCUT2D eigenvalue weighted by Crippen LogP contribution is -2.60. The Hall–Kier alpha value is -3.18. The van der Waals surface area contributed by atoms with Crippen LogP contribution in [0.3, 0.4) is 0 Å². The predicted octanol–water partition coefficient (Wildman–Crippen LogP) is -0.506. The zero-order chi connectivity index (χ0) is 26.2. The number of rotatable bonds is 12. The molecule has 0 saturated heterocycles. The minimum atomic E-state index is -1.40. The number of nitrogens with two attached hydrogens (primary N) is 1. The number of aliphatic hydroxyl groups excluding tert-OH is 1. The number of phenolic OH excluding ortho intramolecular Hbond substituents is 1. The van der Waals surface area contributed by atoms with Crippen LogP contribution >= 0.6 is 0 Å². The van der Waals surface area contributed by atoms with Gasteiger partial charge in [-0.3, -0.25) is 14.4 Å². The monoisotopic (exact) mass is 480 g/mol. The van der Waals surface area contributed by atoms with E-state index in [0.717, 1.165) is 0 Å². The lowest BCUT2D eigenvalue weighted by Gasteiger charge is -2.27. The molecule has 0 heterocycles. The lowest BCUT2D eigenvalue weighted by atomic mass is 10.0. The van der Waals surface area contributed by atoms with Crippen LogP contribution < -0.4 is 21.7 Å². The van der Waals surface area contributed by atoms with E-state index >= 15 is 0 Å². The van der Waals surface area contributed by atoms with Gasteiger partial charge in [-0.05, 0) is 36.5 Å². The van der Waals surface area contributed by atoms with Crippen molar-refractivity contribution in [3.63, 3.8) is 0 Å². The van der Waals surface area contributed by atoms with Crippen LogP contribution in [-0.2, 0) is 25.6 Å². The number of aliphatic carboxylic acids is 1. The molecule has 1 aromatic carbocycles. The van der Waals surface area contributed by atoms with Crippen LogP contribution in [0.25, 0.3) is 0 Å². The molecule has 0 aliphatic heterocycles. The van der Waals surface area contributed by atoms with E-state index in [1.54, 1.807) is 39.8 Å². The van der Waals surface area contributed by atoms with Crippen molar-refractivity contribution in [1.82, 2.24) is 16.0 Å². The number of carbonyl (C=O) groups excluding carboxylic acids is 3. The van der Waals surface area contributed by atoms with Crippen LogP contribution in [0.15, 0.2) is 24.3 Å². The van der Waals surface area contributed by atoms with Crippen molar-refractivity contribution in [3.8, 4) is 5.75 Å². The maximum absolute atomic E-state index is 13.0. The minimum Gasteiger partial charge on any atom is -0.508 e. The number of carbonyl (C=O) groups is 4. The number of hydrogen-bond acceptors (Lipinski definition) is 7. The molecule has 5 atom stereocenters.